The van der Waals surface area contributed by atoms with E-state index in [2.05, 4.69) is 41.0 Å². The number of H-pyrrole nitrogens is 1. The first-order valence-electron chi connectivity index (χ1n) is 13.8. The van der Waals surface area contributed by atoms with Crippen molar-refractivity contribution >= 4 is 11.0 Å². The molecule has 1 saturated heterocycles. The monoisotopic (exact) mass is 565 g/mol. The molecule has 4 aromatic rings. The Morgan fingerprint density at radius 2 is 1.98 bits per heavy atom. The molecule has 6 rings (SSSR count). The predicted molar refractivity (Wildman–Crippen MR) is 143 cm³/mol. The standard InChI is InChI=1S/C28H30F3N9O/c1-2-3-19-12-23(38-26(37-19)28(29,30)31)41-21-6-4-20(5-7-21)39-15-27(16-39,9-10-32)40-14-18(13-36-40)24-22-8-11-33-25(22)35-17-34-24/h8,11-14,17,20-21H,2-7,9,15-16H2,1H3,(H,33,34,35). The highest BCUT2D eigenvalue weighted by Gasteiger charge is 2.48. The number of aryl methyl sites for hydroxylation is 1. The first-order valence-corrected chi connectivity index (χ1v) is 13.8. The molecule has 214 valence electrons. The molecule has 1 aliphatic heterocycles. The molecule has 0 amide bonds. The molecular weight excluding hydrogens is 535 g/mol. The lowest BCUT2D eigenvalue weighted by molar-refractivity contribution is -0.145. The minimum atomic E-state index is -4.62. The van der Waals surface area contributed by atoms with Crippen LogP contribution in [0.4, 0.5) is 13.2 Å². The second-order valence-corrected chi connectivity index (χ2v) is 10.9. The van der Waals surface area contributed by atoms with Crippen LogP contribution in [0.3, 0.4) is 0 Å². The topological polar surface area (TPSA) is 121 Å². The zero-order chi connectivity index (χ0) is 28.6. The van der Waals surface area contributed by atoms with Crippen LogP contribution in [-0.2, 0) is 18.1 Å². The SMILES string of the molecule is CCCc1cc(OC2CCC(N3CC(CC#N)(n4cc(-c5ncnc6[nH]ccc56)cn4)C3)CC2)nc(C(F)(F)F)n1. The molecular formula is C28H30F3N9O. The Hall–Kier alpha value is -4.05. The van der Waals surface area contributed by atoms with Gasteiger partial charge in [-0.3, -0.25) is 9.58 Å². The Labute approximate surface area is 234 Å². The third kappa shape index (κ3) is 5.36. The fourth-order valence-electron chi connectivity index (χ4n) is 6.00. The maximum Gasteiger partial charge on any atom is 0.451 e. The minimum Gasteiger partial charge on any atom is -0.474 e. The average Bonchev–Trinajstić information content (AvgIpc) is 3.61. The Morgan fingerprint density at radius 1 is 1.17 bits per heavy atom. The molecule has 5 heterocycles. The number of fused-ring (bicyclic) bond motifs is 1. The van der Waals surface area contributed by atoms with Crippen LogP contribution in [-0.4, -0.2) is 64.8 Å². The fourth-order valence-corrected chi connectivity index (χ4v) is 6.00. The van der Waals surface area contributed by atoms with Gasteiger partial charge in [-0.05, 0) is 38.2 Å². The van der Waals surface area contributed by atoms with E-state index in [-0.39, 0.29) is 12.0 Å². The van der Waals surface area contributed by atoms with Crippen molar-refractivity contribution < 1.29 is 17.9 Å². The minimum absolute atomic E-state index is 0.00805. The van der Waals surface area contributed by atoms with Gasteiger partial charge < -0.3 is 9.72 Å². The van der Waals surface area contributed by atoms with Crippen molar-refractivity contribution in [3.05, 3.63) is 48.6 Å². The summed E-state index contributed by atoms with van der Waals surface area (Å²) in [4.78, 5) is 21.5. The summed E-state index contributed by atoms with van der Waals surface area (Å²) in [6.45, 7) is 3.28. The molecule has 10 nitrogen and oxygen atoms in total. The zero-order valence-electron chi connectivity index (χ0n) is 22.6. The molecule has 0 bridgehead atoms. The summed E-state index contributed by atoms with van der Waals surface area (Å²) in [7, 11) is 0. The van der Waals surface area contributed by atoms with Crippen molar-refractivity contribution in [2.24, 2.45) is 0 Å². The van der Waals surface area contributed by atoms with Crippen LogP contribution in [0.5, 0.6) is 5.88 Å². The number of likely N-dealkylation sites (tertiary alicyclic amines) is 1. The van der Waals surface area contributed by atoms with Crippen LogP contribution in [0.25, 0.3) is 22.3 Å². The van der Waals surface area contributed by atoms with Gasteiger partial charge in [0.15, 0.2) is 0 Å². The van der Waals surface area contributed by atoms with Gasteiger partial charge in [-0.25, -0.2) is 15.0 Å². The maximum absolute atomic E-state index is 13.3. The summed E-state index contributed by atoms with van der Waals surface area (Å²) >= 11 is 0. The highest BCUT2D eigenvalue weighted by atomic mass is 19.4. The van der Waals surface area contributed by atoms with E-state index in [0.717, 1.165) is 35.1 Å². The summed E-state index contributed by atoms with van der Waals surface area (Å²) in [6, 6.07) is 6.11. The fraction of sp³-hybridized carbons (Fsp3) is 0.500. The van der Waals surface area contributed by atoms with Crippen molar-refractivity contribution in [1.29, 1.82) is 5.26 Å². The Morgan fingerprint density at radius 3 is 2.71 bits per heavy atom. The van der Waals surface area contributed by atoms with E-state index in [0.29, 0.717) is 56.9 Å². The molecule has 13 heteroatoms. The molecule has 0 aromatic carbocycles. The van der Waals surface area contributed by atoms with E-state index in [9.17, 15) is 18.4 Å². The molecule has 1 saturated carbocycles. The first-order chi connectivity index (χ1) is 19.8. The molecule has 0 spiro atoms. The van der Waals surface area contributed by atoms with Crippen LogP contribution >= 0.6 is 0 Å². The molecule has 0 atom stereocenters. The number of ether oxygens (including phenoxy) is 1. The number of aromatic amines is 1. The van der Waals surface area contributed by atoms with Gasteiger partial charge in [0.2, 0.25) is 11.7 Å². The Bertz CT molecular complexity index is 1560. The summed E-state index contributed by atoms with van der Waals surface area (Å²) in [5.41, 5.74) is 2.33. The smallest absolute Gasteiger partial charge is 0.451 e. The van der Waals surface area contributed by atoms with Gasteiger partial charge in [0.1, 0.15) is 23.6 Å². The van der Waals surface area contributed by atoms with Crippen molar-refractivity contribution in [3.63, 3.8) is 0 Å². The molecule has 41 heavy (non-hydrogen) atoms. The number of hydrogen-bond acceptors (Lipinski definition) is 8. The largest absolute Gasteiger partial charge is 0.474 e. The lowest BCUT2D eigenvalue weighted by Crippen LogP contribution is -2.65. The summed E-state index contributed by atoms with van der Waals surface area (Å²) in [5.74, 6) is -1.16. The van der Waals surface area contributed by atoms with Gasteiger partial charge >= 0.3 is 6.18 Å². The molecule has 4 aromatic heterocycles. The maximum atomic E-state index is 13.3. The number of alkyl halides is 3. The van der Waals surface area contributed by atoms with Crippen LogP contribution in [0.15, 0.2) is 37.1 Å². The Kier molecular flexibility index (Phi) is 7.11. The number of nitriles is 1. The van der Waals surface area contributed by atoms with E-state index in [1.807, 2.05) is 30.1 Å². The highest BCUT2D eigenvalue weighted by Crippen LogP contribution is 2.39. The number of nitrogens with zero attached hydrogens (tertiary/aromatic N) is 8. The van der Waals surface area contributed by atoms with Crippen molar-refractivity contribution in [3.8, 4) is 23.2 Å². The van der Waals surface area contributed by atoms with Gasteiger partial charge in [-0.15, -0.1) is 0 Å². The predicted octanol–water partition coefficient (Wildman–Crippen LogP) is 4.90. The van der Waals surface area contributed by atoms with E-state index in [1.165, 1.54) is 12.4 Å². The van der Waals surface area contributed by atoms with Crippen molar-refractivity contribution in [2.45, 2.75) is 75.7 Å². The van der Waals surface area contributed by atoms with Crippen LogP contribution in [0.2, 0.25) is 0 Å². The molecule has 0 unspecified atom stereocenters. The van der Waals surface area contributed by atoms with Gasteiger partial charge in [-0.2, -0.15) is 28.5 Å². The lowest BCUT2D eigenvalue weighted by Gasteiger charge is -2.53. The summed E-state index contributed by atoms with van der Waals surface area (Å²) in [6.07, 6.45) is 6.84. The van der Waals surface area contributed by atoms with Crippen LogP contribution in [0, 0.1) is 11.3 Å². The molecule has 1 aliphatic carbocycles. The van der Waals surface area contributed by atoms with Gasteiger partial charge in [-0.1, -0.05) is 13.3 Å². The second kappa shape index (κ2) is 10.7. The zero-order valence-corrected chi connectivity index (χ0v) is 22.6. The highest BCUT2D eigenvalue weighted by molar-refractivity contribution is 5.90. The van der Waals surface area contributed by atoms with Gasteiger partial charge in [0, 0.05) is 54.2 Å². The van der Waals surface area contributed by atoms with Gasteiger partial charge in [0.25, 0.3) is 0 Å². The van der Waals surface area contributed by atoms with Gasteiger partial charge in [0.05, 0.1) is 24.4 Å². The average molecular weight is 566 g/mol. The molecule has 0 radical (unpaired) electrons. The quantitative estimate of drug-likeness (QED) is 0.320. The normalized spacial score (nSPS) is 21.0. The second-order valence-electron chi connectivity index (χ2n) is 10.9. The third-order valence-corrected chi connectivity index (χ3v) is 8.06. The molecule has 2 aliphatic rings. The molecule has 2 fully saturated rings. The number of halogens is 3. The first kappa shape index (κ1) is 27.1. The van der Waals surface area contributed by atoms with Crippen LogP contribution < -0.4 is 4.74 Å². The summed E-state index contributed by atoms with van der Waals surface area (Å²) < 4.78 is 47.8. The van der Waals surface area contributed by atoms with Crippen LogP contribution in [0.1, 0.15) is 57.0 Å². The lowest BCUT2D eigenvalue weighted by atomic mass is 9.82. The Balaban J connectivity index is 1.09. The number of nitrogens with one attached hydrogen (secondary N) is 1. The molecule has 1 N–H and O–H groups in total. The van der Waals surface area contributed by atoms with Crippen molar-refractivity contribution in [1.82, 2.24) is 39.6 Å². The van der Waals surface area contributed by atoms with E-state index < -0.39 is 17.5 Å². The number of aromatic nitrogens is 7. The van der Waals surface area contributed by atoms with Crippen molar-refractivity contribution in [2.75, 3.05) is 13.1 Å². The number of hydrogen-bond donors (Lipinski definition) is 1. The van der Waals surface area contributed by atoms with E-state index >= 15 is 0 Å². The number of rotatable bonds is 8. The third-order valence-electron chi connectivity index (χ3n) is 8.06. The summed E-state index contributed by atoms with van der Waals surface area (Å²) in [5, 5.41) is 15.2. The van der Waals surface area contributed by atoms with E-state index in [1.54, 1.807) is 6.20 Å². The van der Waals surface area contributed by atoms with E-state index in [4.69, 9.17) is 4.74 Å².